The second kappa shape index (κ2) is 6.98. The molecule has 1 heterocycles. The summed E-state index contributed by atoms with van der Waals surface area (Å²) in [5.41, 5.74) is 0. The van der Waals surface area contributed by atoms with E-state index >= 15 is 0 Å². The van der Waals surface area contributed by atoms with Crippen LogP contribution in [0.4, 0.5) is 0 Å². The zero-order chi connectivity index (χ0) is 13.5. The minimum absolute atomic E-state index is 0.127. The number of rotatable bonds is 6. The lowest BCUT2D eigenvalue weighted by Crippen LogP contribution is -2.49. The molecule has 1 saturated heterocycles. The van der Waals surface area contributed by atoms with Gasteiger partial charge in [-0.3, -0.25) is 9.59 Å². The summed E-state index contributed by atoms with van der Waals surface area (Å²) in [6, 6.07) is -1.15. The molecule has 0 bridgehead atoms. The third kappa shape index (κ3) is 4.01. The zero-order valence-electron chi connectivity index (χ0n) is 10.8. The van der Waals surface area contributed by atoms with E-state index < -0.39 is 18.1 Å². The van der Waals surface area contributed by atoms with E-state index in [0.717, 1.165) is 12.8 Å². The maximum absolute atomic E-state index is 11.9. The molecule has 6 heteroatoms. The number of unbranched alkanes of at least 4 members (excludes halogenated alkanes) is 1. The van der Waals surface area contributed by atoms with Crippen LogP contribution in [0.5, 0.6) is 0 Å². The molecule has 2 N–H and O–H groups in total. The molecule has 0 aromatic rings. The summed E-state index contributed by atoms with van der Waals surface area (Å²) in [5.74, 6) is -0.883. The Bertz CT molecular complexity index is 330. The molecule has 6 nitrogen and oxygen atoms in total. The predicted molar refractivity (Wildman–Crippen MR) is 64.6 cm³/mol. The van der Waals surface area contributed by atoms with Crippen LogP contribution >= 0.6 is 0 Å². The molecule has 1 rings (SSSR count). The average molecular weight is 256 g/mol. The molecule has 0 aromatic heterocycles. The predicted octanol–water partition coefficient (Wildman–Crippen LogP) is 0.113. The van der Waals surface area contributed by atoms with Gasteiger partial charge in [-0.15, -0.1) is 0 Å². The van der Waals surface area contributed by atoms with Crippen LogP contribution in [0.25, 0.3) is 0 Å². The van der Waals surface area contributed by atoms with Gasteiger partial charge in [0.2, 0.25) is 11.8 Å². The Morgan fingerprint density at radius 2 is 2.28 bits per heavy atom. The van der Waals surface area contributed by atoms with Gasteiger partial charge in [0.05, 0.1) is 7.11 Å². The molecular weight excluding hydrogens is 236 g/mol. The lowest BCUT2D eigenvalue weighted by Gasteiger charge is -2.18. The van der Waals surface area contributed by atoms with E-state index in [-0.39, 0.29) is 11.8 Å². The van der Waals surface area contributed by atoms with Crippen molar-refractivity contribution in [1.29, 1.82) is 0 Å². The molecule has 102 valence electrons. The lowest BCUT2D eigenvalue weighted by molar-refractivity contribution is -0.145. The summed E-state index contributed by atoms with van der Waals surface area (Å²) in [4.78, 5) is 34.4. The number of carbonyl (C=O) groups excluding carboxylic acids is 3. The van der Waals surface area contributed by atoms with Gasteiger partial charge in [0, 0.05) is 6.42 Å². The fourth-order valence-electron chi connectivity index (χ4n) is 1.88. The van der Waals surface area contributed by atoms with Crippen molar-refractivity contribution in [1.82, 2.24) is 10.6 Å². The van der Waals surface area contributed by atoms with Gasteiger partial charge in [-0.2, -0.15) is 0 Å². The van der Waals surface area contributed by atoms with Crippen LogP contribution in [0, 0.1) is 0 Å². The van der Waals surface area contributed by atoms with Gasteiger partial charge >= 0.3 is 5.97 Å². The van der Waals surface area contributed by atoms with E-state index in [4.69, 9.17) is 0 Å². The van der Waals surface area contributed by atoms with Gasteiger partial charge in [-0.25, -0.2) is 4.79 Å². The van der Waals surface area contributed by atoms with E-state index in [1.165, 1.54) is 7.11 Å². The highest BCUT2D eigenvalue weighted by Gasteiger charge is 2.30. The number of methoxy groups -OCH3 is 1. The Hall–Kier alpha value is -1.59. The molecule has 1 fully saturated rings. The van der Waals surface area contributed by atoms with Gasteiger partial charge < -0.3 is 15.4 Å². The van der Waals surface area contributed by atoms with Crippen LogP contribution in [0.1, 0.15) is 39.0 Å². The zero-order valence-corrected chi connectivity index (χ0v) is 10.8. The molecular formula is C12H20N2O4. The van der Waals surface area contributed by atoms with Gasteiger partial charge in [-0.1, -0.05) is 19.8 Å². The average Bonchev–Trinajstić information content (AvgIpc) is 2.80. The number of carbonyl (C=O) groups is 3. The Morgan fingerprint density at radius 3 is 2.78 bits per heavy atom. The molecule has 0 unspecified atom stereocenters. The first-order valence-corrected chi connectivity index (χ1v) is 6.26. The van der Waals surface area contributed by atoms with E-state index in [0.29, 0.717) is 19.3 Å². The smallest absolute Gasteiger partial charge is 0.328 e. The molecule has 2 atom stereocenters. The maximum atomic E-state index is 11.9. The monoisotopic (exact) mass is 256 g/mol. The van der Waals surface area contributed by atoms with Crippen molar-refractivity contribution in [2.75, 3.05) is 7.11 Å². The molecule has 0 aliphatic carbocycles. The molecule has 0 saturated carbocycles. The lowest BCUT2D eigenvalue weighted by atomic mass is 10.1. The van der Waals surface area contributed by atoms with Crippen LogP contribution in [0.3, 0.4) is 0 Å². The summed E-state index contributed by atoms with van der Waals surface area (Å²) in [7, 11) is 1.30. The minimum Gasteiger partial charge on any atom is -0.467 e. The Labute approximate surface area is 106 Å². The SMILES string of the molecule is CCCC[C@@H](NC(=O)[C@@H]1CCC(=O)N1)C(=O)OC. The highest BCUT2D eigenvalue weighted by atomic mass is 16.5. The number of amides is 2. The second-order valence-electron chi connectivity index (χ2n) is 4.39. The topological polar surface area (TPSA) is 84.5 Å². The minimum atomic E-state index is -0.625. The normalized spacial score (nSPS) is 20.1. The molecule has 1 aliphatic heterocycles. The summed E-state index contributed by atoms with van der Waals surface area (Å²) in [6.07, 6.45) is 3.15. The fourth-order valence-corrected chi connectivity index (χ4v) is 1.88. The van der Waals surface area contributed by atoms with Gasteiger partial charge in [0.1, 0.15) is 12.1 Å². The summed E-state index contributed by atoms with van der Waals surface area (Å²) >= 11 is 0. The molecule has 18 heavy (non-hydrogen) atoms. The number of nitrogens with one attached hydrogen (secondary N) is 2. The van der Waals surface area contributed by atoms with Crippen molar-refractivity contribution in [2.24, 2.45) is 0 Å². The van der Waals surface area contributed by atoms with Gasteiger partial charge in [0.25, 0.3) is 0 Å². The Balaban J connectivity index is 2.51. The van der Waals surface area contributed by atoms with Crippen LogP contribution < -0.4 is 10.6 Å². The Kier molecular flexibility index (Phi) is 5.61. The van der Waals surface area contributed by atoms with Crippen molar-refractivity contribution in [3.63, 3.8) is 0 Å². The van der Waals surface area contributed by atoms with E-state index in [1.807, 2.05) is 6.92 Å². The summed E-state index contributed by atoms with van der Waals surface area (Å²) in [5, 5.41) is 5.21. The first kappa shape index (κ1) is 14.5. The first-order valence-electron chi connectivity index (χ1n) is 6.26. The largest absolute Gasteiger partial charge is 0.467 e. The van der Waals surface area contributed by atoms with E-state index in [2.05, 4.69) is 15.4 Å². The molecule has 0 spiro atoms. The summed E-state index contributed by atoms with van der Waals surface area (Å²) < 4.78 is 4.65. The standard InChI is InChI=1S/C12H20N2O4/c1-3-4-5-9(12(17)18-2)14-11(16)8-6-7-10(15)13-8/h8-9H,3-7H2,1-2H3,(H,13,15)(H,14,16)/t8-,9+/m0/s1. The number of hydrogen-bond donors (Lipinski definition) is 2. The fraction of sp³-hybridized carbons (Fsp3) is 0.750. The molecule has 0 aromatic carbocycles. The van der Waals surface area contributed by atoms with E-state index in [1.54, 1.807) is 0 Å². The van der Waals surface area contributed by atoms with E-state index in [9.17, 15) is 14.4 Å². The van der Waals surface area contributed by atoms with Gasteiger partial charge in [-0.05, 0) is 12.8 Å². The molecule has 2 amide bonds. The van der Waals surface area contributed by atoms with Crippen LogP contribution in [0.2, 0.25) is 0 Å². The third-order valence-electron chi connectivity index (χ3n) is 2.96. The highest BCUT2D eigenvalue weighted by Crippen LogP contribution is 2.08. The Morgan fingerprint density at radius 1 is 1.56 bits per heavy atom. The van der Waals surface area contributed by atoms with Crippen LogP contribution in [-0.2, 0) is 19.1 Å². The van der Waals surface area contributed by atoms with Crippen molar-refractivity contribution in [2.45, 2.75) is 51.1 Å². The molecule has 0 radical (unpaired) electrons. The van der Waals surface area contributed by atoms with Gasteiger partial charge in [0.15, 0.2) is 0 Å². The quantitative estimate of drug-likeness (QED) is 0.661. The first-order chi connectivity index (χ1) is 8.58. The number of esters is 1. The number of ether oxygens (including phenoxy) is 1. The number of hydrogen-bond acceptors (Lipinski definition) is 4. The van der Waals surface area contributed by atoms with Crippen molar-refractivity contribution in [3.05, 3.63) is 0 Å². The van der Waals surface area contributed by atoms with Crippen molar-refractivity contribution >= 4 is 17.8 Å². The highest BCUT2D eigenvalue weighted by molar-refractivity contribution is 5.93. The second-order valence-corrected chi connectivity index (χ2v) is 4.39. The molecule has 1 aliphatic rings. The summed E-state index contributed by atoms with van der Waals surface area (Å²) in [6.45, 7) is 2.01. The van der Waals surface area contributed by atoms with Crippen molar-refractivity contribution < 1.29 is 19.1 Å². The maximum Gasteiger partial charge on any atom is 0.328 e. The van der Waals surface area contributed by atoms with Crippen LogP contribution in [0.15, 0.2) is 0 Å². The third-order valence-corrected chi connectivity index (χ3v) is 2.96. The van der Waals surface area contributed by atoms with Crippen molar-refractivity contribution in [3.8, 4) is 0 Å². The van der Waals surface area contributed by atoms with Crippen LogP contribution in [-0.4, -0.2) is 37.0 Å².